The van der Waals surface area contributed by atoms with E-state index in [4.69, 9.17) is 9.72 Å². The van der Waals surface area contributed by atoms with Gasteiger partial charge in [0.25, 0.3) is 0 Å². The van der Waals surface area contributed by atoms with E-state index in [0.29, 0.717) is 0 Å². The lowest BCUT2D eigenvalue weighted by atomic mass is 10.0. The maximum atomic E-state index is 12.2. The number of carbonyl (C=O) groups is 1. The molecule has 1 aliphatic carbocycles. The molecule has 1 aliphatic heterocycles. The molecule has 128 valence electrons. The van der Waals surface area contributed by atoms with E-state index in [1.165, 1.54) is 34.8 Å². The summed E-state index contributed by atoms with van der Waals surface area (Å²) in [5.74, 6) is 0.130. The van der Waals surface area contributed by atoms with Crippen molar-refractivity contribution in [3.05, 3.63) is 15.6 Å². The average molecular weight is 337 g/mol. The minimum Gasteiger partial charge on any atom is -0.379 e. The molecule has 1 N–H and O–H groups in total. The summed E-state index contributed by atoms with van der Waals surface area (Å²) in [6.07, 6.45) is 6.90. The van der Waals surface area contributed by atoms with Gasteiger partial charge in [0.2, 0.25) is 5.91 Å². The standard InChI is InChI=1S/C17H27N3O2S/c1-13(20-9-11-22-12-10-20)17(21)18-8-4-7-16-19-14-5-2-3-6-15(14)23-16/h13H,2-12H2,1H3,(H,18,21). The lowest BCUT2D eigenvalue weighted by Gasteiger charge is -2.31. The molecule has 1 fully saturated rings. The summed E-state index contributed by atoms with van der Waals surface area (Å²) < 4.78 is 5.33. The van der Waals surface area contributed by atoms with Crippen LogP contribution in [0.1, 0.15) is 41.8 Å². The van der Waals surface area contributed by atoms with Gasteiger partial charge in [0, 0.05) is 30.9 Å². The summed E-state index contributed by atoms with van der Waals surface area (Å²) in [6, 6.07) is -0.0638. The first-order valence-corrected chi connectivity index (χ1v) is 9.62. The van der Waals surface area contributed by atoms with E-state index in [1.54, 1.807) is 0 Å². The zero-order valence-electron chi connectivity index (χ0n) is 14.0. The number of morpholine rings is 1. The Morgan fingerprint density at radius 1 is 1.35 bits per heavy atom. The number of ether oxygens (including phenoxy) is 1. The minimum atomic E-state index is -0.0638. The highest BCUT2D eigenvalue weighted by molar-refractivity contribution is 7.11. The van der Waals surface area contributed by atoms with Gasteiger partial charge in [-0.3, -0.25) is 9.69 Å². The molecule has 0 saturated carbocycles. The molecule has 0 radical (unpaired) electrons. The van der Waals surface area contributed by atoms with E-state index >= 15 is 0 Å². The molecule has 1 amide bonds. The SMILES string of the molecule is CC(C(=O)NCCCc1nc2c(s1)CCCC2)N1CCOCC1. The summed E-state index contributed by atoms with van der Waals surface area (Å²) in [7, 11) is 0. The first-order valence-electron chi connectivity index (χ1n) is 8.81. The van der Waals surface area contributed by atoms with Crippen LogP contribution in [0.4, 0.5) is 0 Å². The fourth-order valence-corrected chi connectivity index (χ4v) is 4.44. The maximum absolute atomic E-state index is 12.2. The Hall–Kier alpha value is -0.980. The van der Waals surface area contributed by atoms with E-state index in [2.05, 4.69) is 10.2 Å². The Balaban J connectivity index is 1.37. The van der Waals surface area contributed by atoms with Crippen LogP contribution in [0.2, 0.25) is 0 Å². The van der Waals surface area contributed by atoms with Gasteiger partial charge >= 0.3 is 0 Å². The number of carbonyl (C=O) groups excluding carboxylic acids is 1. The number of hydrogen-bond donors (Lipinski definition) is 1. The minimum absolute atomic E-state index is 0.0638. The summed E-state index contributed by atoms with van der Waals surface area (Å²) in [4.78, 5) is 20.7. The Kier molecular flexibility index (Phi) is 6.02. The number of aryl methyl sites for hydroxylation is 3. The summed E-state index contributed by atoms with van der Waals surface area (Å²) in [5.41, 5.74) is 1.33. The van der Waals surface area contributed by atoms with E-state index in [0.717, 1.165) is 52.1 Å². The van der Waals surface area contributed by atoms with Crippen molar-refractivity contribution in [3.8, 4) is 0 Å². The van der Waals surface area contributed by atoms with E-state index in [9.17, 15) is 4.79 Å². The molecule has 6 heteroatoms. The molecule has 3 rings (SSSR count). The molecule has 1 aromatic rings. The van der Waals surface area contributed by atoms with E-state index in [-0.39, 0.29) is 11.9 Å². The summed E-state index contributed by atoms with van der Waals surface area (Å²) in [5, 5.41) is 4.31. The molecule has 1 unspecified atom stereocenters. The van der Waals surface area contributed by atoms with Crippen LogP contribution in [-0.2, 0) is 28.8 Å². The van der Waals surface area contributed by atoms with Crippen molar-refractivity contribution in [2.24, 2.45) is 0 Å². The number of nitrogens with zero attached hydrogens (tertiary/aromatic N) is 2. The molecule has 2 aliphatic rings. The second-order valence-corrected chi connectivity index (χ2v) is 7.57. The molecule has 5 nitrogen and oxygen atoms in total. The van der Waals surface area contributed by atoms with Crippen molar-refractivity contribution >= 4 is 17.2 Å². The van der Waals surface area contributed by atoms with Crippen molar-refractivity contribution < 1.29 is 9.53 Å². The van der Waals surface area contributed by atoms with Crippen LogP contribution in [-0.4, -0.2) is 54.7 Å². The van der Waals surface area contributed by atoms with Gasteiger partial charge in [-0.25, -0.2) is 4.98 Å². The van der Waals surface area contributed by atoms with Crippen LogP contribution in [0.5, 0.6) is 0 Å². The zero-order chi connectivity index (χ0) is 16.1. The molecule has 0 spiro atoms. The fourth-order valence-electron chi connectivity index (χ4n) is 3.24. The normalized spacial score (nSPS) is 20.0. The molecule has 1 atom stereocenters. The van der Waals surface area contributed by atoms with Crippen molar-refractivity contribution in [1.29, 1.82) is 0 Å². The molecule has 2 heterocycles. The lowest BCUT2D eigenvalue weighted by molar-refractivity contribution is -0.127. The molecule has 1 aromatic heterocycles. The number of thiazole rings is 1. The van der Waals surface area contributed by atoms with Gasteiger partial charge < -0.3 is 10.1 Å². The molecular weight excluding hydrogens is 310 g/mol. The van der Waals surface area contributed by atoms with E-state index < -0.39 is 0 Å². The topological polar surface area (TPSA) is 54.5 Å². The monoisotopic (exact) mass is 337 g/mol. The van der Waals surface area contributed by atoms with Crippen LogP contribution in [0.25, 0.3) is 0 Å². The van der Waals surface area contributed by atoms with Gasteiger partial charge in [0.1, 0.15) is 0 Å². The number of fused-ring (bicyclic) bond motifs is 1. The first-order chi connectivity index (χ1) is 11.2. The van der Waals surface area contributed by atoms with Gasteiger partial charge in [-0.2, -0.15) is 0 Å². The number of rotatable bonds is 6. The smallest absolute Gasteiger partial charge is 0.237 e. The summed E-state index contributed by atoms with van der Waals surface area (Å²) in [6.45, 7) is 5.87. The lowest BCUT2D eigenvalue weighted by Crippen LogP contribution is -2.49. The van der Waals surface area contributed by atoms with Crippen molar-refractivity contribution in [1.82, 2.24) is 15.2 Å². The molecule has 0 bridgehead atoms. The highest BCUT2D eigenvalue weighted by Gasteiger charge is 2.22. The van der Waals surface area contributed by atoms with Crippen LogP contribution in [0, 0.1) is 0 Å². The highest BCUT2D eigenvalue weighted by Crippen LogP contribution is 2.27. The van der Waals surface area contributed by atoms with E-state index in [1.807, 2.05) is 18.3 Å². The van der Waals surface area contributed by atoms with Crippen molar-refractivity contribution in [2.45, 2.75) is 51.5 Å². The average Bonchev–Trinajstić information content (AvgIpc) is 3.01. The number of hydrogen-bond acceptors (Lipinski definition) is 5. The van der Waals surface area contributed by atoms with Crippen molar-refractivity contribution in [2.75, 3.05) is 32.8 Å². The Labute approximate surface area is 142 Å². The van der Waals surface area contributed by atoms with Crippen molar-refractivity contribution in [3.63, 3.8) is 0 Å². The Bertz CT molecular complexity index is 502. The molecule has 0 aromatic carbocycles. The van der Waals surface area contributed by atoms with Gasteiger partial charge in [-0.05, 0) is 39.0 Å². The fraction of sp³-hybridized carbons (Fsp3) is 0.765. The third-order valence-corrected chi connectivity index (χ3v) is 5.95. The van der Waals surface area contributed by atoms with Gasteiger partial charge in [0.05, 0.1) is 30.0 Å². The largest absolute Gasteiger partial charge is 0.379 e. The second kappa shape index (κ2) is 8.22. The quantitative estimate of drug-likeness (QED) is 0.804. The van der Waals surface area contributed by atoms with Gasteiger partial charge in [-0.1, -0.05) is 0 Å². The highest BCUT2D eigenvalue weighted by atomic mass is 32.1. The second-order valence-electron chi connectivity index (χ2n) is 6.40. The molecule has 1 saturated heterocycles. The third-order valence-electron chi connectivity index (χ3n) is 4.73. The first kappa shape index (κ1) is 16.9. The molecular formula is C17H27N3O2S. The number of aromatic nitrogens is 1. The maximum Gasteiger partial charge on any atom is 0.237 e. The van der Waals surface area contributed by atoms with Crippen LogP contribution in [0.3, 0.4) is 0 Å². The predicted molar refractivity (Wildman–Crippen MR) is 91.9 cm³/mol. The number of amides is 1. The number of nitrogens with one attached hydrogen (secondary N) is 1. The van der Waals surface area contributed by atoms with Crippen LogP contribution >= 0.6 is 11.3 Å². The molecule has 23 heavy (non-hydrogen) atoms. The Morgan fingerprint density at radius 2 is 2.13 bits per heavy atom. The van der Waals surface area contributed by atoms with Gasteiger partial charge in [-0.15, -0.1) is 11.3 Å². The Morgan fingerprint density at radius 3 is 2.91 bits per heavy atom. The predicted octanol–water partition coefficient (Wildman–Crippen LogP) is 1.79. The van der Waals surface area contributed by atoms with Crippen LogP contribution < -0.4 is 5.32 Å². The summed E-state index contributed by atoms with van der Waals surface area (Å²) >= 11 is 1.88. The van der Waals surface area contributed by atoms with Crippen LogP contribution in [0.15, 0.2) is 0 Å². The third kappa shape index (κ3) is 4.52. The zero-order valence-corrected chi connectivity index (χ0v) is 14.8. The van der Waals surface area contributed by atoms with Gasteiger partial charge in [0.15, 0.2) is 0 Å².